The number of para-hydroxylation sites is 1. The van der Waals surface area contributed by atoms with Gasteiger partial charge in [0.05, 0.1) is 17.1 Å². The summed E-state index contributed by atoms with van der Waals surface area (Å²) < 4.78 is 0. The largest absolute Gasteiger partial charge is 0.351 e. The van der Waals surface area contributed by atoms with E-state index in [1.807, 2.05) is 0 Å². The van der Waals surface area contributed by atoms with Gasteiger partial charge in [0.2, 0.25) is 0 Å². The molecule has 0 radical (unpaired) electrons. The molecule has 1 aromatic carbocycles. The van der Waals surface area contributed by atoms with Gasteiger partial charge in [0.15, 0.2) is 0 Å². The highest BCUT2D eigenvalue weighted by atomic mass is 32.2. The van der Waals surface area contributed by atoms with Gasteiger partial charge in [-0.25, -0.2) is 9.97 Å². The molecule has 0 fully saturated rings. The maximum atomic E-state index is 4.97. The first-order chi connectivity index (χ1) is 12.8. The Morgan fingerprint density at radius 2 is 1.58 bits per heavy atom. The number of fused-ring (bicyclic) bond motifs is 2. The minimum atomic E-state index is 0.997. The van der Waals surface area contributed by atoms with E-state index >= 15 is 0 Å². The topological polar surface area (TPSA) is 37.8 Å². The van der Waals surface area contributed by atoms with Crippen LogP contribution < -0.4 is 5.32 Å². The minimum Gasteiger partial charge on any atom is -0.351 e. The van der Waals surface area contributed by atoms with Crippen molar-refractivity contribution in [2.75, 3.05) is 5.32 Å². The predicted molar refractivity (Wildman–Crippen MR) is 112 cm³/mol. The van der Waals surface area contributed by atoms with Gasteiger partial charge < -0.3 is 5.32 Å². The van der Waals surface area contributed by atoms with Gasteiger partial charge in [-0.05, 0) is 31.4 Å². The van der Waals surface area contributed by atoms with E-state index < -0.39 is 0 Å². The fourth-order valence-electron chi connectivity index (χ4n) is 3.35. The van der Waals surface area contributed by atoms with Gasteiger partial charge >= 0.3 is 0 Å². The van der Waals surface area contributed by atoms with Crippen LogP contribution in [0.3, 0.4) is 0 Å². The average Bonchev–Trinajstić information content (AvgIpc) is 2.67. The zero-order valence-corrected chi connectivity index (χ0v) is 17.0. The third-order valence-electron chi connectivity index (χ3n) is 4.87. The van der Waals surface area contributed by atoms with E-state index in [0.717, 1.165) is 29.4 Å². The van der Waals surface area contributed by atoms with Crippen LogP contribution in [0.25, 0.3) is 0 Å². The lowest BCUT2D eigenvalue weighted by atomic mass is 10.1. The number of aryl methyl sites for hydroxylation is 2. The lowest BCUT2D eigenvalue weighted by Crippen LogP contribution is -2.10. The third kappa shape index (κ3) is 5.00. The Bertz CT molecular complexity index is 715. The Labute approximate surface area is 162 Å². The van der Waals surface area contributed by atoms with Crippen molar-refractivity contribution in [1.29, 1.82) is 0 Å². The predicted octanol–water partition coefficient (Wildman–Crippen LogP) is 6.93. The second-order valence-corrected chi connectivity index (χ2v) is 8.14. The number of unbranched alkanes of at least 4 members (excludes halogenated alkanes) is 6. The normalized spacial score (nSPS) is 12.4. The molecule has 1 aliphatic heterocycles. The second kappa shape index (κ2) is 9.96. The molecule has 140 valence electrons. The highest BCUT2D eigenvalue weighted by molar-refractivity contribution is 7.99. The molecule has 0 amide bonds. The maximum Gasteiger partial charge on any atom is 0.130 e. The molecular formula is C22H31N3S. The van der Waals surface area contributed by atoms with E-state index in [-0.39, 0.29) is 0 Å². The van der Waals surface area contributed by atoms with Crippen molar-refractivity contribution in [2.24, 2.45) is 0 Å². The molecule has 3 nitrogen and oxygen atoms in total. The van der Waals surface area contributed by atoms with Crippen molar-refractivity contribution < 1.29 is 0 Å². The summed E-state index contributed by atoms with van der Waals surface area (Å²) in [6.07, 6.45) is 12.1. The van der Waals surface area contributed by atoms with Gasteiger partial charge in [-0.15, -0.1) is 0 Å². The summed E-state index contributed by atoms with van der Waals surface area (Å²) in [6.45, 7) is 4.51. The molecule has 1 aromatic heterocycles. The smallest absolute Gasteiger partial charge is 0.130 e. The number of benzene rings is 1. The van der Waals surface area contributed by atoms with Crippen LogP contribution in [0, 0.1) is 0 Å². The fourth-order valence-corrected chi connectivity index (χ4v) is 4.36. The SMILES string of the molecule is CCCCCCc1nc(CCCCCC)c2c(n1)Sc1ccccc1N2. The van der Waals surface area contributed by atoms with E-state index in [1.165, 1.54) is 67.6 Å². The van der Waals surface area contributed by atoms with Crippen LogP contribution in [0.1, 0.15) is 76.7 Å². The van der Waals surface area contributed by atoms with Crippen molar-refractivity contribution >= 4 is 23.1 Å². The number of nitrogens with zero attached hydrogens (tertiary/aromatic N) is 2. The molecule has 0 saturated carbocycles. The summed E-state index contributed by atoms with van der Waals surface area (Å²) in [4.78, 5) is 11.1. The standard InChI is InChI=1S/C22H31N3S/c1-3-5-7-9-14-18-21-22(25-20(23-18)16-10-8-6-4-2)26-19-15-12-11-13-17(19)24-21/h11-13,15,24H,3-10,14,16H2,1-2H3. The summed E-state index contributed by atoms with van der Waals surface area (Å²) >= 11 is 1.78. The maximum absolute atomic E-state index is 4.97. The quantitative estimate of drug-likeness (QED) is 0.310. The van der Waals surface area contributed by atoms with E-state index in [0.29, 0.717) is 0 Å². The summed E-state index contributed by atoms with van der Waals surface area (Å²) in [5.41, 5.74) is 3.53. The molecule has 26 heavy (non-hydrogen) atoms. The lowest BCUT2D eigenvalue weighted by Gasteiger charge is -2.22. The highest BCUT2D eigenvalue weighted by Crippen LogP contribution is 2.44. The number of rotatable bonds is 10. The Morgan fingerprint density at radius 1 is 0.846 bits per heavy atom. The number of hydrogen-bond donors (Lipinski definition) is 1. The molecule has 0 spiro atoms. The van der Waals surface area contributed by atoms with E-state index in [9.17, 15) is 0 Å². The average molecular weight is 370 g/mol. The Hall–Kier alpha value is -1.55. The van der Waals surface area contributed by atoms with E-state index in [2.05, 4.69) is 43.4 Å². The first-order valence-corrected chi connectivity index (χ1v) is 11.1. The van der Waals surface area contributed by atoms with Crippen molar-refractivity contribution in [1.82, 2.24) is 9.97 Å². The molecule has 1 aliphatic rings. The summed E-state index contributed by atoms with van der Waals surface area (Å²) in [5.74, 6) is 1.03. The molecule has 0 aliphatic carbocycles. The van der Waals surface area contributed by atoms with Crippen molar-refractivity contribution in [3.63, 3.8) is 0 Å². The molecule has 0 saturated heterocycles. The van der Waals surface area contributed by atoms with Crippen LogP contribution in [0.5, 0.6) is 0 Å². The van der Waals surface area contributed by atoms with Crippen molar-refractivity contribution in [3.8, 4) is 0 Å². The molecule has 4 heteroatoms. The number of nitrogens with one attached hydrogen (secondary N) is 1. The molecular weight excluding hydrogens is 338 g/mol. The molecule has 3 rings (SSSR count). The summed E-state index contributed by atoms with van der Waals surface area (Å²) in [5, 5.41) is 4.71. The van der Waals surface area contributed by atoms with Crippen LogP contribution in [-0.2, 0) is 12.8 Å². The first-order valence-electron chi connectivity index (χ1n) is 10.3. The van der Waals surface area contributed by atoms with Gasteiger partial charge in [0, 0.05) is 11.3 Å². The third-order valence-corrected chi connectivity index (χ3v) is 5.94. The summed E-state index contributed by atoms with van der Waals surface area (Å²) in [6, 6.07) is 8.49. The first kappa shape index (κ1) is 19.2. The molecule has 0 bridgehead atoms. The Balaban J connectivity index is 1.78. The minimum absolute atomic E-state index is 0.997. The Kier molecular flexibility index (Phi) is 7.36. The zero-order valence-electron chi connectivity index (χ0n) is 16.2. The molecule has 2 heterocycles. The molecule has 0 unspecified atom stereocenters. The van der Waals surface area contributed by atoms with Crippen LogP contribution in [0.4, 0.5) is 11.4 Å². The monoisotopic (exact) mass is 369 g/mol. The summed E-state index contributed by atoms with van der Waals surface area (Å²) in [7, 11) is 0. The van der Waals surface area contributed by atoms with Crippen molar-refractivity contribution in [2.45, 2.75) is 88.0 Å². The van der Waals surface area contributed by atoms with Crippen LogP contribution >= 0.6 is 11.8 Å². The van der Waals surface area contributed by atoms with Crippen molar-refractivity contribution in [3.05, 3.63) is 35.8 Å². The lowest BCUT2D eigenvalue weighted by molar-refractivity contribution is 0.635. The van der Waals surface area contributed by atoms with Crippen LogP contribution in [0.2, 0.25) is 0 Å². The van der Waals surface area contributed by atoms with Crippen LogP contribution in [0.15, 0.2) is 34.2 Å². The Morgan fingerprint density at radius 3 is 2.35 bits per heavy atom. The van der Waals surface area contributed by atoms with Gasteiger partial charge in [0.25, 0.3) is 0 Å². The number of aromatic nitrogens is 2. The number of hydrogen-bond acceptors (Lipinski definition) is 4. The fraction of sp³-hybridized carbons (Fsp3) is 0.545. The number of anilines is 2. The second-order valence-electron chi connectivity index (χ2n) is 7.11. The van der Waals surface area contributed by atoms with E-state index in [1.54, 1.807) is 11.8 Å². The van der Waals surface area contributed by atoms with Gasteiger partial charge in [-0.2, -0.15) is 0 Å². The highest BCUT2D eigenvalue weighted by Gasteiger charge is 2.21. The zero-order chi connectivity index (χ0) is 18.2. The molecule has 0 atom stereocenters. The molecule has 2 aromatic rings. The van der Waals surface area contributed by atoms with Gasteiger partial charge in [-0.3, -0.25) is 0 Å². The van der Waals surface area contributed by atoms with E-state index in [4.69, 9.17) is 9.97 Å². The van der Waals surface area contributed by atoms with Crippen LogP contribution in [-0.4, -0.2) is 9.97 Å². The van der Waals surface area contributed by atoms with Gasteiger partial charge in [0.1, 0.15) is 10.9 Å². The van der Waals surface area contributed by atoms with Gasteiger partial charge in [-0.1, -0.05) is 76.3 Å². The molecule has 1 N–H and O–H groups in total.